The molecule has 0 spiro atoms. The van der Waals surface area contributed by atoms with Gasteiger partial charge in [0.2, 0.25) is 5.91 Å². The molecule has 106 valence electrons. The van der Waals surface area contributed by atoms with Crippen molar-refractivity contribution < 1.29 is 18.7 Å². The van der Waals surface area contributed by atoms with Gasteiger partial charge in [-0.05, 0) is 37.0 Å². The van der Waals surface area contributed by atoms with Gasteiger partial charge in [0.05, 0.1) is 6.10 Å². The van der Waals surface area contributed by atoms with Crippen LogP contribution in [0.25, 0.3) is 0 Å². The van der Waals surface area contributed by atoms with E-state index >= 15 is 0 Å². The second-order valence-corrected chi connectivity index (χ2v) is 4.45. The number of aliphatic hydroxyl groups is 1. The predicted molar refractivity (Wildman–Crippen MR) is 68.6 cm³/mol. The zero-order chi connectivity index (χ0) is 14.3. The van der Waals surface area contributed by atoms with E-state index in [9.17, 15) is 18.7 Å². The van der Waals surface area contributed by atoms with Gasteiger partial charge in [0, 0.05) is 13.0 Å². The van der Waals surface area contributed by atoms with Crippen molar-refractivity contribution in [2.24, 2.45) is 0 Å². The van der Waals surface area contributed by atoms with Crippen molar-refractivity contribution in [2.75, 3.05) is 6.54 Å². The third-order valence-corrected chi connectivity index (χ3v) is 2.90. The lowest BCUT2D eigenvalue weighted by Gasteiger charge is -2.09. The zero-order valence-electron chi connectivity index (χ0n) is 11.0. The van der Waals surface area contributed by atoms with Crippen molar-refractivity contribution >= 4 is 5.91 Å². The van der Waals surface area contributed by atoms with Crippen molar-refractivity contribution in [1.29, 1.82) is 0 Å². The summed E-state index contributed by atoms with van der Waals surface area (Å²) in [6.07, 6.45) is 1.36. The number of halogens is 2. The van der Waals surface area contributed by atoms with Gasteiger partial charge in [-0.2, -0.15) is 0 Å². The van der Waals surface area contributed by atoms with Gasteiger partial charge in [0.15, 0.2) is 11.6 Å². The molecule has 0 saturated heterocycles. The van der Waals surface area contributed by atoms with Crippen LogP contribution in [-0.2, 0) is 11.2 Å². The first-order chi connectivity index (χ1) is 9.02. The maximum Gasteiger partial charge on any atom is 0.220 e. The second kappa shape index (κ2) is 7.84. The van der Waals surface area contributed by atoms with Crippen LogP contribution in [0.15, 0.2) is 18.2 Å². The van der Waals surface area contributed by atoms with Crippen LogP contribution in [-0.4, -0.2) is 23.7 Å². The number of amides is 1. The number of nitrogens with one attached hydrogen (secondary N) is 1. The molecule has 1 aromatic carbocycles. The molecule has 3 nitrogen and oxygen atoms in total. The Hall–Kier alpha value is -1.49. The van der Waals surface area contributed by atoms with E-state index in [0.717, 1.165) is 12.1 Å². The summed E-state index contributed by atoms with van der Waals surface area (Å²) in [4.78, 5) is 11.5. The van der Waals surface area contributed by atoms with Gasteiger partial charge in [-0.25, -0.2) is 8.78 Å². The van der Waals surface area contributed by atoms with Crippen molar-refractivity contribution in [3.63, 3.8) is 0 Å². The van der Waals surface area contributed by atoms with Crippen molar-refractivity contribution in [2.45, 2.75) is 38.7 Å². The molecule has 0 aromatic heterocycles. The maximum atomic E-state index is 12.9. The standard InChI is InChI=1S/C14H19F2NO2/c1-2-11(18)7-8-17-14(19)6-4-10-3-5-12(15)13(16)9-10/h3,5,9,11,18H,2,4,6-8H2,1H3,(H,17,19). The number of carbonyl (C=O) groups excluding carboxylic acids is 1. The Bertz CT molecular complexity index is 424. The average Bonchev–Trinajstić information content (AvgIpc) is 2.40. The van der Waals surface area contributed by atoms with E-state index in [1.165, 1.54) is 6.07 Å². The van der Waals surface area contributed by atoms with E-state index in [1.54, 1.807) is 0 Å². The number of hydrogen-bond acceptors (Lipinski definition) is 2. The minimum Gasteiger partial charge on any atom is -0.393 e. The highest BCUT2D eigenvalue weighted by molar-refractivity contribution is 5.76. The molecule has 1 atom stereocenters. The molecule has 19 heavy (non-hydrogen) atoms. The van der Waals surface area contributed by atoms with Crippen LogP contribution < -0.4 is 5.32 Å². The van der Waals surface area contributed by atoms with Gasteiger partial charge in [-0.1, -0.05) is 13.0 Å². The summed E-state index contributed by atoms with van der Waals surface area (Å²) in [7, 11) is 0. The van der Waals surface area contributed by atoms with Gasteiger partial charge in [-0.15, -0.1) is 0 Å². The molecule has 0 heterocycles. The Kier molecular flexibility index (Phi) is 6.42. The van der Waals surface area contributed by atoms with Crippen LogP contribution in [0.2, 0.25) is 0 Å². The van der Waals surface area contributed by atoms with Crippen LogP contribution in [0.4, 0.5) is 8.78 Å². The molecule has 0 bridgehead atoms. The van der Waals surface area contributed by atoms with E-state index in [-0.39, 0.29) is 12.3 Å². The monoisotopic (exact) mass is 271 g/mol. The predicted octanol–water partition coefficient (Wildman–Crippen LogP) is 2.17. The molecule has 1 aromatic rings. The molecule has 0 aliphatic heterocycles. The number of aryl methyl sites for hydroxylation is 1. The summed E-state index contributed by atoms with van der Waals surface area (Å²) in [5.74, 6) is -1.95. The normalized spacial score (nSPS) is 12.2. The van der Waals surface area contributed by atoms with Crippen LogP contribution in [0.3, 0.4) is 0 Å². The number of rotatable bonds is 7. The smallest absolute Gasteiger partial charge is 0.220 e. The summed E-state index contributed by atoms with van der Waals surface area (Å²) >= 11 is 0. The molecule has 1 rings (SSSR count). The van der Waals surface area contributed by atoms with Crippen LogP contribution in [0, 0.1) is 11.6 Å². The molecule has 0 radical (unpaired) electrons. The molecule has 1 amide bonds. The Morgan fingerprint density at radius 3 is 2.74 bits per heavy atom. The second-order valence-electron chi connectivity index (χ2n) is 4.45. The van der Waals surface area contributed by atoms with Gasteiger partial charge >= 0.3 is 0 Å². The molecule has 0 aliphatic rings. The van der Waals surface area contributed by atoms with Gasteiger partial charge in [-0.3, -0.25) is 4.79 Å². The number of carbonyl (C=O) groups is 1. The van der Waals surface area contributed by atoms with E-state index in [1.807, 2.05) is 6.92 Å². The van der Waals surface area contributed by atoms with Gasteiger partial charge < -0.3 is 10.4 Å². The van der Waals surface area contributed by atoms with Crippen molar-refractivity contribution in [3.8, 4) is 0 Å². The minimum atomic E-state index is -0.899. The summed E-state index contributed by atoms with van der Waals surface area (Å²) in [6.45, 7) is 2.29. The lowest BCUT2D eigenvalue weighted by Crippen LogP contribution is -2.27. The first-order valence-electron chi connectivity index (χ1n) is 6.41. The molecule has 5 heteroatoms. The zero-order valence-corrected chi connectivity index (χ0v) is 11.0. The van der Waals surface area contributed by atoms with E-state index < -0.39 is 17.7 Å². The molecule has 0 saturated carbocycles. The summed E-state index contributed by atoms with van der Waals surface area (Å²) in [5.41, 5.74) is 0.586. The van der Waals surface area contributed by atoms with Gasteiger partial charge in [0.25, 0.3) is 0 Å². The Morgan fingerprint density at radius 1 is 1.37 bits per heavy atom. The fraction of sp³-hybridized carbons (Fsp3) is 0.500. The molecule has 1 unspecified atom stereocenters. The van der Waals surface area contributed by atoms with E-state index in [4.69, 9.17) is 0 Å². The molecule has 2 N–H and O–H groups in total. The van der Waals surface area contributed by atoms with Crippen LogP contribution in [0.5, 0.6) is 0 Å². The third-order valence-electron chi connectivity index (χ3n) is 2.90. The molecule has 0 aliphatic carbocycles. The maximum absolute atomic E-state index is 12.9. The lowest BCUT2D eigenvalue weighted by molar-refractivity contribution is -0.121. The Balaban J connectivity index is 2.28. The highest BCUT2D eigenvalue weighted by Gasteiger charge is 2.06. The number of aliphatic hydroxyl groups excluding tert-OH is 1. The minimum absolute atomic E-state index is 0.159. The molecular formula is C14H19F2NO2. The Labute approximate surface area is 111 Å². The summed E-state index contributed by atoms with van der Waals surface area (Å²) < 4.78 is 25.6. The summed E-state index contributed by atoms with van der Waals surface area (Å²) in [6, 6.07) is 3.62. The fourth-order valence-electron chi connectivity index (χ4n) is 1.62. The number of hydrogen-bond donors (Lipinski definition) is 2. The third kappa shape index (κ3) is 5.79. The quantitative estimate of drug-likeness (QED) is 0.798. The summed E-state index contributed by atoms with van der Waals surface area (Å²) in [5, 5.41) is 12.0. The molecular weight excluding hydrogens is 252 g/mol. The largest absolute Gasteiger partial charge is 0.393 e. The highest BCUT2D eigenvalue weighted by atomic mass is 19.2. The SMILES string of the molecule is CCC(O)CCNC(=O)CCc1ccc(F)c(F)c1. The van der Waals surface area contributed by atoms with E-state index in [0.29, 0.717) is 31.4 Å². The molecule has 0 fully saturated rings. The van der Waals surface area contributed by atoms with Gasteiger partial charge in [0.1, 0.15) is 0 Å². The topological polar surface area (TPSA) is 49.3 Å². The van der Waals surface area contributed by atoms with Crippen LogP contribution in [0.1, 0.15) is 31.7 Å². The first-order valence-corrected chi connectivity index (χ1v) is 6.41. The van der Waals surface area contributed by atoms with Crippen molar-refractivity contribution in [1.82, 2.24) is 5.32 Å². The highest BCUT2D eigenvalue weighted by Crippen LogP contribution is 2.10. The van der Waals surface area contributed by atoms with Crippen LogP contribution >= 0.6 is 0 Å². The first kappa shape index (κ1) is 15.6. The number of benzene rings is 1. The fourth-order valence-corrected chi connectivity index (χ4v) is 1.62. The van der Waals surface area contributed by atoms with Crippen molar-refractivity contribution in [3.05, 3.63) is 35.4 Å². The lowest BCUT2D eigenvalue weighted by atomic mass is 10.1. The Morgan fingerprint density at radius 2 is 2.11 bits per heavy atom. The van der Waals surface area contributed by atoms with E-state index in [2.05, 4.69) is 5.32 Å². The average molecular weight is 271 g/mol.